The lowest BCUT2D eigenvalue weighted by Gasteiger charge is -2.19. The van der Waals surface area contributed by atoms with Crippen LogP contribution in [0.4, 0.5) is 0 Å². The van der Waals surface area contributed by atoms with Crippen molar-refractivity contribution >= 4 is 5.97 Å². The summed E-state index contributed by atoms with van der Waals surface area (Å²) in [6.45, 7) is 10.7. The molecule has 0 amide bonds. The van der Waals surface area contributed by atoms with Crippen molar-refractivity contribution in [1.29, 1.82) is 0 Å². The van der Waals surface area contributed by atoms with E-state index in [0.29, 0.717) is 11.5 Å². The highest BCUT2D eigenvalue weighted by Gasteiger charge is 2.22. The number of aliphatic hydroxyl groups is 2. The van der Waals surface area contributed by atoms with Crippen molar-refractivity contribution in [2.24, 2.45) is 5.92 Å². The van der Waals surface area contributed by atoms with Gasteiger partial charge in [0.1, 0.15) is 6.10 Å². The summed E-state index contributed by atoms with van der Waals surface area (Å²) in [5, 5.41) is 19.6. The number of rotatable bonds is 9. The predicted molar refractivity (Wildman–Crippen MR) is 84.5 cm³/mol. The van der Waals surface area contributed by atoms with E-state index in [4.69, 9.17) is 4.74 Å². The molecule has 0 aliphatic rings. The van der Waals surface area contributed by atoms with Gasteiger partial charge in [0, 0.05) is 5.57 Å². The van der Waals surface area contributed by atoms with Gasteiger partial charge in [-0.1, -0.05) is 31.7 Å². The number of hydrogen-bond donors (Lipinski definition) is 2. The molecule has 0 fully saturated rings. The van der Waals surface area contributed by atoms with E-state index >= 15 is 0 Å². The molecule has 3 atom stereocenters. The Morgan fingerprint density at radius 3 is 2.48 bits per heavy atom. The van der Waals surface area contributed by atoms with Gasteiger partial charge in [-0.2, -0.15) is 0 Å². The van der Waals surface area contributed by atoms with Crippen LogP contribution in [0.1, 0.15) is 47.0 Å². The Kier molecular flexibility index (Phi) is 9.67. The third kappa shape index (κ3) is 8.48. The Balaban J connectivity index is 4.34. The zero-order chi connectivity index (χ0) is 16.4. The summed E-state index contributed by atoms with van der Waals surface area (Å²) in [6.07, 6.45) is 6.17. The summed E-state index contributed by atoms with van der Waals surface area (Å²) in [5.74, 6) is -0.229. The molecule has 0 heterocycles. The molecule has 2 N–H and O–H groups in total. The lowest BCUT2D eigenvalue weighted by Crippen LogP contribution is -2.32. The third-order valence-corrected chi connectivity index (χ3v) is 3.22. The van der Waals surface area contributed by atoms with Crippen LogP contribution >= 0.6 is 0 Å². The maximum absolute atomic E-state index is 11.3. The molecule has 21 heavy (non-hydrogen) atoms. The van der Waals surface area contributed by atoms with Gasteiger partial charge in [-0.05, 0) is 51.5 Å². The summed E-state index contributed by atoms with van der Waals surface area (Å²) in [4.78, 5) is 11.3. The van der Waals surface area contributed by atoms with Crippen LogP contribution in [0.5, 0.6) is 0 Å². The molecule has 4 heteroatoms. The highest BCUT2D eigenvalue weighted by atomic mass is 16.6. The van der Waals surface area contributed by atoms with Crippen molar-refractivity contribution < 1.29 is 19.7 Å². The van der Waals surface area contributed by atoms with Crippen LogP contribution in [0.15, 0.2) is 36.0 Å². The minimum Gasteiger partial charge on any atom is -0.429 e. The number of ether oxygens (including phenoxy) is 1. The number of esters is 1. The van der Waals surface area contributed by atoms with Gasteiger partial charge < -0.3 is 14.9 Å². The Bertz CT molecular complexity index is 396. The number of carbonyl (C=O) groups excluding carboxylic acids is 1. The molecule has 0 radical (unpaired) electrons. The van der Waals surface area contributed by atoms with Gasteiger partial charge in [0.25, 0.3) is 0 Å². The molecule has 4 nitrogen and oxygen atoms in total. The molecule has 0 bridgehead atoms. The van der Waals surface area contributed by atoms with Gasteiger partial charge in [-0.25, -0.2) is 4.79 Å². The maximum atomic E-state index is 11.3. The van der Waals surface area contributed by atoms with E-state index < -0.39 is 18.4 Å². The van der Waals surface area contributed by atoms with Gasteiger partial charge in [-0.3, -0.25) is 0 Å². The first-order chi connectivity index (χ1) is 9.79. The van der Waals surface area contributed by atoms with Crippen molar-refractivity contribution in [1.82, 2.24) is 0 Å². The molecule has 0 saturated carbocycles. The van der Waals surface area contributed by atoms with Crippen molar-refractivity contribution in [2.75, 3.05) is 0 Å². The van der Waals surface area contributed by atoms with E-state index in [-0.39, 0.29) is 5.57 Å². The zero-order valence-corrected chi connectivity index (χ0v) is 13.5. The fourth-order valence-electron chi connectivity index (χ4n) is 1.67. The van der Waals surface area contributed by atoms with Crippen molar-refractivity contribution in [3.63, 3.8) is 0 Å². The first-order valence-corrected chi connectivity index (χ1v) is 7.30. The average Bonchev–Trinajstić information content (AvgIpc) is 2.43. The van der Waals surface area contributed by atoms with E-state index in [2.05, 4.69) is 19.6 Å². The second-order valence-corrected chi connectivity index (χ2v) is 5.46. The predicted octanol–water partition coefficient (Wildman–Crippen LogP) is 3.11. The molecule has 3 unspecified atom stereocenters. The maximum Gasteiger partial charge on any atom is 0.335 e. The normalized spacial score (nSPS) is 16.6. The van der Waals surface area contributed by atoms with Crippen LogP contribution in [-0.2, 0) is 9.53 Å². The van der Waals surface area contributed by atoms with Gasteiger partial charge in [-0.15, -0.1) is 0 Å². The first kappa shape index (κ1) is 19.6. The second-order valence-electron chi connectivity index (χ2n) is 5.46. The Morgan fingerprint density at radius 1 is 1.33 bits per heavy atom. The van der Waals surface area contributed by atoms with Crippen LogP contribution in [0.2, 0.25) is 0 Å². The molecule has 0 aliphatic carbocycles. The Morgan fingerprint density at radius 2 is 1.95 bits per heavy atom. The Labute approximate surface area is 127 Å². The van der Waals surface area contributed by atoms with Gasteiger partial charge in [0.15, 0.2) is 0 Å². The molecular formula is C17H28O4. The number of carbonyl (C=O) groups is 1. The van der Waals surface area contributed by atoms with Crippen molar-refractivity contribution in [3.05, 3.63) is 36.0 Å². The quantitative estimate of drug-likeness (QED) is 0.297. The number of aliphatic hydroxyl groups excluding tert-OH is 2. The third-order valence-electron chi connectivity index (χ3n) is 3.22. The van der Waals surface area contributed by atoms with Gasteiger partial charge in [0.2, 0.25) is 6.29 Å². The van der Waals surface area contributed by atoms with Crippen molar-refractivity contribution in [2.45, 2.75) is 59.4 Å². The average molecular weight is 296 g/mol. The highest BCUT2D eigenvalue weighted by Crippen LogP contribution is 2.16. The molecule has 0 aromatic heterocycles. The summed E-state index contributed by atoms with van der Waals surface area (Å²) >= 11 is 0. The largest absolute Gasteiger partial charge is 0.429 e. The van der Waals surface area contributed by atoms with E-state index in [1.807, 2.05) is 19.1 Å². The molecule has 0 aromatic rings. The summed E-state index contributed by atoms with van der Waals surface area (Å²) < 4.78 is 4.70. The Hall–Kier alpha value is -1.39. The van der Waals surface area contributed by atoms with Crippen molar-refractivity contribution in [3.8, 4) is 0 Å². The fourth-order valence-corrected chi connectivity index (χ4v) is 1.67. The molecule has 0 rings (SSSR count). The van der Waals surface area contributed by atoms with E-state index in [9.17, 15) is 15.0 Å². The second kappa shape index (κ2) is 10.4. The topological polar surface area (TPSA) is 66.8 Å². The lowest BCUT2D eigenvalue weighted by molar-refractivity contribution is -0.177. The summed E-state index contributed by atoms with van der Waals surface area (Å²) in [7, 11) is 0. The lowest BCUT2D eigenvalue weighted by atomic mass is 9.99. The van der Waals surface area contributed by atoms with E-state index in [0.717, 1.165) is 19.3 Å². The SMILES string of the molecule is C=C(C)C(=O)OC(O)C(O)C(C)=CCC(C)CCC=CC. The monoisotopic (exact) mass is 296 g/mol. The van der Waals surface area contributed by atoms with Crippen LogP contribution in [0.25, 0.3) is 0 Å². The van der Waals surface area contributed by atoms with E-state index in [1.54, 1.807) is 6.92 Å². The standard InChI is InChI=1S/C17H28O4/c1-6-7-8-9-13(4)10-11-14(5)15(18)17(20)21-16(19)12(2)3/h6-7,11,13,15,17-18,20H,2,8-10H2,1,3-5H3. The molecule has 0 aromatic carbocycles. The van der Waals surface area contributed by atoms with Crippen LogP contribution in [0, 0.1) is 5.92 Å². The number of hydrogen-bond acceptors (Lipinski definition) is 4. The molecule has 120 valence electrons. The molecule has 0 spiro atoms. The summed E-state index contributed by atoms with van der Waals surface area (Å²) in [6, 6.07) is 0. The zero-order valence-electron chi connectivity index (χ0n) is 13.5. The molecule has 0 aliphatic heterocycles. The fraction of sp³-hybridized carbons (Fsp3) is 0.588. The van der Waals surface area contributed by atoms with Gasteiger partial charge >= 0.3 is 5.97 Å². The highest BCUT2D eigenvalue weighted by molar-refractivity contribution is 5.87. The number of allylic oxidation sites excluding steroid dienone is 3. The minimum absolute atomic E-state index is 0.181. The molecular weight excluding hydrogens is 268 g/mol. The van der Waals surface area contributed by atoms with Crippen LogP contribution in [0.3, 0.4) is 0 Å². The molecule has 0 saturated heterocycles. The first-order valence-electron chi connectivity index (χ1n) is 7.30. The van der Waals surface area contributed by atoms with Gasteiger partial charge in [0.05, 0.1) is 0 Å². The van der Waals surface area contributed by atoms with Crippen LogP contribution < -0.4 is 0 Å². The summed E-state index contributed by atoms with van der Waals surface area (Å²) in [5.41, 5.74) is 0.774. The smallest absolute Gasteiger partial charge is 0.335 e. The van der Waals surface area contributed by atoms with Crippen LogP contribution in [-0.4, -0.2) is 28.6 Å². The van der Waals surface area contributed by atoms with E-state index in [1.165, 1.54) is 6.92 Å². The minimum atomic E-state index is -1.57.